The van der Waals surface area contributed by atoms with Crippen molar-refractivity contribution in [2.75, 3.05) is 0 Å². The van der Waals surface area contributed by atoms with Crippen LogP contribution in [0, 0.1) is 35.0 Å². The Hall–Kier alpha value is -5.26. The summed E-state index contributed by atoms with van der Waals surface area (Å²) in [7, 11) is 0. The second-order valence-corrected chi connectivity index (χ2v) is 14.7. The van der Waals surface area contributed by atoms with Crippen molar-refractivity contribution in [3.8, 4) is 62.0 Å². The summed E-state index contributed by atoms with van der Waals surface area (Å²) in [4.78, 5) is 5.18. The van der Waals surface area contributed by atoms with E-state index in [2.05, 4.69) is 127 Å². The van der Waals surface area contributed by atoms with E-state index in [1.807, 2.05) is 12.1 Å². The van der Waals surface area contributed by atoms with Crippen LogP contribution in [-0.4, -0.2) is 4.98 Å². The minimum absolute atomic E-state index is 0.0101. The fourth-order valence-electron chi connectivity index (χ4n) is 10.6. The van der Waals surface area contributed by atoms with Gasteiger partial charge in [0.2, 0.25) is 0 Å². The molecule has 1 heterocycles. The lowest BCUT2D eigenvalue weighted by Crippen LogP contribution is -2.55. The zero-order chi connectivity index (χ0) is 31.8. The largest absolute Gasteiger partial charge is 0.248 e. The maximum atomic E-state index is 9.54. The van der Waals surface area contributed by atoms with Crippen LogP contribution in [0.5, 0.6) is 0 Å². The lowest BCUT2D eigenvalue weighted by atomic mass is 9.42. The maximum Gasteiger partial charge on any atom is 0.0991 e. The first-order valence-electron chi connectivity index (χ1n) is 17.6. The smallest absolute Gasteiger partial charge is 0.0991 e. The number of rotatable bonds is 4. The Kier molecular flexibility index (Phi) is 6.16. The minimum Gasteiger partial charge on any atom is -0.248 e. The molecule has 4 saturated carbocycles. The molecule has 4 fully saturated rings. The van der Waals surface area contributed by atoms with Crippen molar-refractivity contribution in [2.24, 2.45) is 23.7 Å². The molecule has 1 aromatic heterocycles. The van der Waals surface area contributed by atoms with Gasteiger partial charge in [-0.05, 0) is 131 Å². The molecule has 5 aliphatic rings. The Morgan fingerprint density at radius 2 is 1.08 bits per heavy atom. The van der Waals surface area contributed by atoms with Crippen molar-refractivity contribution in [3.63, 3.8) is 0 Å². The topological polar surface area (TPSA) is 36.7 Å². The van der Waals surface area contributed by atoms with E-state index in [1.165, 1.54) is 65.5 Å². The molecule has 0 aliphatic heterocycles. The molecule has 0 amide bonds. The second kappa shape index (κ2) is 10.6. The van der Waals surface area contributed by atoms with E-state index >= 15 is 0 Å². The van der Waals surface area contributed by atoms with Gasteiger partial charge in [-0.3, -0.25) is 0 Å². The van der Waals surface area contributed by atoms with Crippen LogP contribution in [-0.2, 0) is 5.41 Å². The standard InChI is InChI=1S/C46H36N2/c47-28-29-14-16-32(17-15-29)39-12-7-13-41-40-19-18-35(25-42(40)46(45(39)41)37-21-30-20-31(23-37)24-38(46)22-30)36-26-43(33-8-3-1-4-9-33)48-44(27-36)34-10-5-2-6-11-34/h1-19,25-27,30-31,37-38H,20-24H2. The Bertz CT molecular complexity index is 2160. The van der Waals surface area contributed by atoms with Gasteiger partial charge in [0.15, 0.2) is 0 Å². The molecule has 0 saturated heterocycles. The van der Waals surface area contributed by atoms with E-state index in [0.29, 0.717) is 17.4 Å². The van der Waals surface area contributed by atoms with Gasteiger partial charge in [0, 0.05) is 16.5 Å². The molecule has 1 spiro atoms. The van der Waals surface area contributed by atoms with E-state index in [1.54, 1.807) is 11.1 Å². The molecule has 0 atom stereocenters. The second-order valence-electron chi connectivity index (χ2n) is 14.7. The normalized spacial score (nSPS) is 24.3. The first kappa shape index (κ1) is 27.8. The Balaban J connectivity index is 1.20. The first-order chi connectivity index (χ1) is 23.7. The molecular weight excluding hydrogens is 581 g/mol. The van der Waals surface area contributed by atoms with Gasteiger partial charge in [-0.1, -0.05) is 103 Å². The average Bonchev–Trinajstić information content (AvgIpc) is 3.44. The summed E-state index contributed by atoms with van der Waals surface area (Å²) in [5.74, 6) is 3.05. The predicted octanol–water partition coefficient (Wildman–Crippen LogP) is 11.3. The number of aromatic nitrogens is 1. The van der Waals surface area contributed by atoms with Crippen LogP contribution in [0.15, 0.2) is 133 Å². The lowest BCUT2D eigenvalue weighted by Gasteiger charge is -2.61. The molecule has 0 radical (unpaired) electrons. The highest BCUT2D eigenvalue weighted by atomic mass is 14.7. The van der Waals surface area contributed by atoms with Gasteiger partial charge in [-0.2, -0.15) is 5.26 Å². The van der Waals surface area contributed by atoms with Gasteiger partial charge in [-0.15, -0.1) is 0 Å². The van der Waals surface area contributed by atoms with Gasteiger partial charge in [-0.25, -0.2) is 4.98 Å². The monoisotopic (exact) mass is 616 g/mol. The molecular formula is C46H36N2. The molecule has 0 unspecified atom stereocenters. The maximum absolute atomic E-state index is 9.54. The predicted molar refractivity (Wildman–Crippen MR) is 194 cm³/mol. The fraction of sp³-hybridized carbons (Fsp3) is 0.217. The molecule has 2 nitrogen and oxygen atoms in total. The van der Waals surface area contributed by atoms with Crippen LogP contribution in [0.3, 0.4) is 0 Å². The number of pyridine rings is 1. The van der Waals surface area contributed by atoms with Crippen molar-refractivity contribution in [1.29, 1.82) is 5.26 Å². The van der Waals surface area contributed by atoms with E-state index in [0.717, 1.165) is 34.4 Å². The molecule has 6 aromatic rings. The summed E-state index contributed by atoms with van der Waals surface area (Å²) < 4.78 is 0. The van der Waals surface area contributed by atoms with Gasteiger partial charge in [0.1, 0.15) is 0 Å². The van der Waals surface area contributed by atoms with Crippen molar-refractivity contribution in [2.45, 2.75) is 37.5 Å². The number of hydrogen-bond acceptors (Lipinski definition) is 2. The van der Waals surface area contributed by atoms with Gasteiger partial charge >= 0.3 is 0 Å². The number of benzene rings is 5. The Labute approximate surface area is 282 Å². The third-order valence-corrected chi connectivity index (χ3v) is 12.3. The van der Waals surface area contributed by atoms with Crippen molar-refractivity contribution in [1.82, 2.24) is 4.98 Å². The summed E-state index contributed by atoms with van der Waals surface area (Å²) in [6.07, 6.45) is 6.78. The number of hydrogen-bond donors (Lipinski definition) is 0. The molecule has 48 heavy (non-hydrogen) atoms. The molecule has 11 rings (SSSR count). The zero-order valence-electron chi connectivity index (χ0n) is 26.9. The van der Waals surface area contributed by atoms with E-state index in [-0.39, 0.29) is 5.41 Å². The van der Waals surface area contributed by atoms with Crippen LogP contribution in [0.2, 0.25) is 0 Å². The fourth-order valence-corrected chi connectivity index (χ4v) is 10.6. The van der Waals surface area contributed by atoms with Gasteiger partial charge in [0.05, 0.1) is 23.0 Å². The van der Waals surface area contributed by atoms with Crippen LogP contribution < -0.4 is 0 Å². The average molecular weight is 617 g/mol. The minimum atomic E-state index is 0.0101. The van der Waals surface area contributed by atoms with Crippen molar-refractivity contribution >= 4 is 0 Å². The van der Waals surface area contributed by atoms with Crippen molar-refractivity contribution in [3.05, 3.63) is 150 Å². The summed E-state index contributed by atoms with van der Waals surface area (Å²) >= 11 is 0. The van der Waals surface area contributed by atoms with E-state index < -0.39 is 0 Å². The summed E-state index contributed by atoms with van der Waals surface area (Å²) in [5, 5.41) is 9.54. The molecule has 2 heteroatoms. The molecule has 5 aromatic carbocycles. The van der Waals surface area contributed by atoms with Gasteiger partial charge < -0.3 is 0 Å². The highest BCUT2D eigenvalue weighted by Gasteiger charge is 2.62. The van der Waals surface area contributed by atoms with Crippen LogP contribution in [0.25, 0.3) is 55.9 Å². The van der Waals surface area contributed by atoms with Crippen LogP contribution in [0.4, 0.5) is 0 Å². The lowest BCUT2D eigenvalue weighted by molar-refractivity contribution is -0.0397. The summed E-state index contributed by atoms with van der Waals surface area (Å²) in [6, 6.07) is 50.7. The quantitative estimate of drug-likeness (QED) is 0.198. The molecule has 0 N–H and O–H groups in total. The third kappa shape index (κ3) is 4.07. The first-order valence-corrected chi connectivity index (χ1v) is 17.6. The molecule has 5 aliphatic carbocycles. The number of nitrogens with zero attached hydrogens (tertiary/aromatic N) is 2. The summed E-state index contributed by atoms with van der Waals surface area (Å²) in [6.45, 7) is 0. The van der Waals surface area contributed by atoms with Crippen LogP contribution in [0.1, 0.15) is 48.8 Å². The summed E-state index contributed by atoms with van der Waals surface area (Å²) in [5.41, 5.74) is 16.0. The van der Waals surface area contributed by atoms with E-state index in [9.17, 15) is 5.26 Å². The Morgan fingerprint density at radius 1 is 0.500 bits per heavy atom. The molecule has 230 valence electrons. The highest BCUT2D eigenvalue weighted by Crippen LogP contribution is 2.70. The highest BCUT2D eigenvalue weighted by molar-refractivity contribution is 5.91. The third-order valence-electron chi connectivity index (χ3n) is 12.3. The zero-order valence-corrected chi connectivity index (χ0v) is 26.9. The van der Waals surface area contributed by atoms with Crippen LogP contribution >= 0.6 is 0 Å². The SMILES string of the molecule is N#Cc1ccc(-c2cccc3c2C2(c4cc(-c5cc(-c6ccccc6)nc(-c6ccccc6)c5)ccc4-3)C3CC4CC(C3)CC2C4)cc1. The number of fused-ring (bicyclic) bond motifs is 3. The Morgan fingerprint density at radius 3 is 1.69 bits per heavy atom. The molecule has 4 bridgehead atoms. The number of nitriles is 1. The van der Waals surface area contributed by atoms with Crippen molar-refractivity contribution < 1.29 is 0 Å². The van der Waals surface area contributed by atoms with Gasteiger partial charge in [0.25, 0.3) is 0 Å². The van der Waals surface area contributed by atoms with E-state index in [4.69, 9.17) is 4.98 Å².